The van der Waals surface area contributed by atoms with Gasteiger partial charge in [-0.3, -0.25) is 9.78 Å². The lowest BCUT2D eigenvalue weighted by Gasteiger charge is -2.08. The van der Waals surface area contributed by atoms with Gasteiger partial charge in [0, 0.05) is 22.9 Å². The monoisotopic (exact) mass is 441 g/mol. The maximum Gasteiger partial charge on any atom is 0.271 e. The summed E-state index contributed by atoms with van der Waals surface area (Å²) in [7, 11) is 0. The van der Waals surface area contributed by atoms with Crippen molar-refractivity contribution in [2.75, 3.05) is 0 Å². The highest BCUT2D eigenvalue weighted by atomic mass is 16.5. The van der Waals surface area contributed by atoms with Crippen LogP contribution < -0.4 is 10.2 Å². The molecule has 3 N–H and O–H groups in total. The Kier molecular flexibility index (Phi) is 6.61. The van der Waals surface area contributed by atoms with E-state index in [1.807, 2.05) is 48.5 Å². The van der Waals surface area contributed by atoms with Crippen molar-refractivity contribution in [3.05, 3.63) is 101 Å². The Bertz CT molecular complexity index is 1320. The summed E-state index contributed by atoms with van der Waals surface area (Å²) in [6.07, 6.45) is 2.75. The van der Waals surface area contributed by atoms with Gasteiger partial charge in [-0.05, 0) is 47.5 Å². The van der Waals surface area contributed by atoms with E-state index < -0.39 is 5.91 Å². The summed E-state index contributed by atoms with van der Waals surface area (Å²) in [5.41, 5.74) is 4.90. The van der Waals surface area contributed by atoms with Crippen molar-refractivity contribution < 1.29 is 19.7 Å². The molecule has 0 fully saturated rings. The Morgan fingerprint density at radius 3 is 2.61 bits per heavy atom. The molecule has 4 rings (SSSR count). The molecule has 1 heterocycles. The predicted molar refractivity (Wildman–Crippen MR) is 126 cm³/mol. The maximum atomic E-state index is 12.4. The van der Waals surface area contributed by atoms with Gasteiger partial charge in [0.05, 0.1) is 18.5 Å². The molecule has 0 saturated heterocycles. The lowest BCUT2D eigenvalue weighted by atomic mass is 10.1. The molecule has 0 spiro atoms. The third-order valence-electron chi connectivity index (χ3n) is 5.23. The molecule has 166 valence electrons. The van der Waals surface area contributed by atoms with Crippen LogP contribution in [0.4, 0.5) is 0 Å². The fraction of sp³-hybridized carbons (Fsp3) is 0.115. The molecule has 1 aromatic heterocycles. The van der Waals surface area contributed by atoms with E-state index in [1.54, 1.807) is 19.1 Å². The number of aromatic hydroxyl groups is 1. The lowest BCUT2D eigenvalue weighted by molar-refractivity contribution is 0.0955. The van der Waals surface area contributed by atoms with E-state index in [-0.39, 0.29) is 12.4 Å². The number of hydrogen-bond donors (Lipinski definition) is 3. The second-order valence-electron chi connectivity index (χ2n) is 7.48. The number of amides is 1. The highest BCUT2D eigenvalue weighted by Crippen LogP contribution is 2.22. The number of nitrogens with zero attached hydrogens (tertiary/aromatic N) is 2. The smallest absolute Gasteiger partial charge is 0.271 e. The van der Waals surface area contributed by atoms with Gasteiger partial charge in [-0.2, -0.15) is 5.10 Å². The molecule has 0 bridgehead atoms. The number of aliphatic hydroxyl groups excluding tert-OH is 1. The first-order chi connectivity index (χ1) is 16.0. The molecule has 4 aromatic rings. The Hall–Kier alpha value is -4.23. The second kappa shape index (κ2) is 9.93. The number of benzene rings is 3. The van der Waals surface area contributed by atoms with Gasteiger partial charge in [0.2, 0.25) is 0 Å². The van der Waals surface area contributed by atoms with Crippen molar-refractivity contribution in [1.82, 2.24) is 10.4 Å². The van der Waals surface area contributed by atoms with Crippen molar-refractivity contribution in [2.24, 2.45) is 5.10 Å². The molecule has 0 aliphatic carbocycles. The zero-order valence-corrected chi connectivity index (χ0v) is 18.0. The molecule has 0 aliphatic rings. The molecule has 0 unspecified atom stereocenters. The standard InChI is InChI=1S/C26H23N3O4/c1-17-25(31)24(22(15-30)13-27-17)14-28-29-26(32)20-8-6-18(7-9-20)16-33-23-11-10-19-4-2-3-5-21(19)12-23/h2-14,30-31H,15-16H2,1H3,(H,29,32)/b28-14+. The highest BCUT2D eigenvalue weighted by molar-refractivity contribution is 5.95. The van der Waals surface area contributed by atoms with Crippen molar-refractivity contribution in [2.45, 2.75) is 20.1 Å². The Balaban J connectivity index is 1.36. The molecule has 0 radical (unpaired) electrons. The van der Waals surface area contributed by atoms with E-state index in [0.717, 1.165) is 22.1 Å². The number of nitrogens with one attached hydrogen (secondary N) is 1. The molecule has 7 nitrogen and oxygen atoms in total. The molecule has 0 saturated carbocycles. The zero-order valence-electron chi connectivity index (χ0n) is 18.0. The van der Waals surface area contributed by atoms with Crippen LogP contribution in [0.25, 0.3) is 10.8 Å². The van der Waals surface area contributed by atoms with Crippen LogP contribution in [0, 0.1) is 6.92 Å². The molecule has 1 amide bonds. The quantitative estimate of drug-likeness (QED) is 0.296. The van der Waals surface area contributed by atoms with Crippen LogP contribution in [0.2, 0.25) is 0 Å². The summed E-state index contributed by atoms with van der Waals surface area (Å²) in [4.78, 5) is 16.4. The predicted octanol–water partition coefficient (Wildman–Crippen LogP) is 4.08. The third-order valence-corrected chi connectivity index (χ3v) is 5.23. The van der Waals surface area contributed by atoms with Crippen LogP contribution >= 0.6 is 0 Å². The fourth-order valence-electron chi connectivity index (χ4n) is 3.32. The average molecular weight is 441 g/mol. The van der Waals surface area contributed by atoms with Gasteiger partial charge < -0.3 is 14.9 Å². The van der Waals surface area contributed by atoms with Gasteiger partial charge in [-0.15, -0.1) is 0 Å². The van der Waals surface area contributed by atoms with Crippen molar-refractivity contribution >= 4 is 22.9 Å². The van der Waals surface area contributed by atoms with Gasteiger partial charge in [-0.1, -0.05) is 42.5 Å². The minimum Gasteiger partial charge on any atom is -0.505 e. The Morgan fingerprint density at radius 1 is 1.09 bits per heavy atom. The van der Waals surface area contributed by atoms with Crippen molar-refractivity contribution in [3.8, 4) is 11.5 Å². The number of pyridine rings is 1. The highest BCUT2D eigenvalue weighted by Gasteiger charge is 2.10. The van der Waals surface area contributed by atoms with Crippen LogP contribution in [0.1, 0.15) is 32.7 Å². The number of rotatable bonds is 7. The lowest BCUT2D eigenvalue weighted by Crippen LogP contribution is -2.17. The Morgan fingerprint density at radius 2 is 1.85 bits per heavy atom. The van der Waals surface area contributed by atoms with Crippen LogP contribution in [-0.4, -0.2) is 27.3 Å². The van der Waals surface area contributed by atoms with Crippen LogP contribution in [0.15, 0.2) is 78.0 Å². The molecule has 0 atom stereocenters. The first-order valence-electron chi connectivity index (χ1n) is 10.4. The van der Waals surface area contributed by atoms with Gasteiger partial charge in [-0.25, -0.2) is 5.43 Å². The average Bonchev–Trinajstić information content (AvgIpc) is 2.85. The first-order valence-corrected chi connectivity index (χ1v) is 10.4. The van der Waals surface area contributed by atoms with Crippen LogP contribution in [0.3, 0.4) is 0 Å². The molecule has 0 aliphatic heterocycles. The van der Waals surface area contributed by atoms with Gasteiger partial charge >= 0.3 is 0 Å². The van der Waals surface area contributed by atoms with E-state index in [9.17, 15) is 15.0 Å². The van der Waals surface area contributed by atoms with Gasteiger partial charge in [0.15, 0.2) is 0 Å². The molecular weight excluding hydrogens is 418 g/mol. The number of aryl methyl sites for hydroxylation is 1. The van der Waals surface area contributed by atoms with Crippen LogP contribution in [0.5, 0.6) is 11.5 Å². The number of aromatic nitrogens is 1. The first kappa shape index (κ1) is 22.0. The molecule has 3 aromatic carbocycles. The third kappa shape index (κ3) is 5.16. The number of hydrazone groups is 1. The summed E-state index contributed by atoms with van der Waals surface area (Å²) < 4.78 is 5.88. The minimum atomic E-state index is -0.399. The van der Waals surface area contributed by atoms with Gasteiger partial charge in [0.1, 0.15) is 18.1 Å². The SMILES string of the molecule is Cc1ncc(CO)c(/C=N/NC(=O)c2ccc(COc3ccc4ccccc4c3)cc2)c1O. The summed E-state index contributed by atoms with van der Waals surface area (Å²) in [6, 6.07) is 21.1. The van der Waals surface area contributed by atoms with Crippen molar-refractivity contribution in [3.63, 3.8) is 0 Å². The number of aliphatic hydroxyl groups is 1. The number of fused-ring (bicyclic) bond motifs is 1. The second-order valence-corrected chi connectivity index (χ2v) is 7.48. The number of carbonyl (C=O) groups excluding carboxylic acids is 1. The summed E-state index contributed by atoms with van der Waals surface area (Å²) >= 11 is 0. The summed E-state index contributed by atoms with van der Waals surface area (Å²) in [5, 5.41) is 25.7. The van der Waals surface area contributed by atoms with E-state index in [2.05, 4.69) is 21.6 Å². The van der Waals surface area contributed by atoms with Gasteiger partial charge in [0.25, 0.3) is 5.91 Å². The van der Waals surface area contributed by atoms with E-state index >= 15 is 0 Å². The summed E-state index contributed by atoms with van der Waals surface area (Å²) in [5.74, 6) is 0.293. The summed E-state index contributed by atoms with van der Waals surface area (Å²) in [6.45, 7) is 1.71. The largest absolute Gasteiger partial charge is 0.505 e. The maximum absolute atomic E-state index is 12.4. The van der Waals surface area contributed by atoms with E-state index in [0.29, 0.717) is 29.0 Å². The van der Waals surface area contributed by atoms with E-state index in [4.69, 9.17) is 4.74 Å². The molecule has 33 heavy (non-hydrogen) atoms. The number of carbonyl (C=O) groups is 1. The zero-order chi connectivity index (χ0) is 23.2. The topological polar surface area (TPSA) is 104 Å². The van der Waals surface area contributed by atoms with Crippen molar-refractivity contribution in [1.29, 1.82) is 0 Å². The van der Waals surface area contributed by atoms with Crippen LogP contribution in [-0.2, 0) is 13.2 Å². The van der Waals surface area contributed by atoms with E-state index in [1.165, 1.54) is 12.4 Å². The normalized spacial score (nSPS) is 11.1. The number of ether oxygens (including phenoxy) is 1. The minimum absolute atomic E-state index is 0.0877. The molecule has 7 heteroatoms. The Labute approximate surface area is 191 Å². The molecular formula is C26H23N3O4. The number of hydrogen-bond acceptors (Lipinski definition) is 6. The fourth-order valence-corrected chi connectivity index (χ4v) is 3.32.